The smallest absolute Gasteiger partial charge is 0.341 e. The van der Waals surface area contributed by atoms with Crippen LogP contribution in [0, 0.1) is 6.92 Å². The summed E-state index contributed by atoms with van der Waals surface area (Å²) in [4.78, 5) is 19.6. The maximum absolute atomic E-state index is 11.6. The molecule has 0 unspecified atom stereocenters. The average Bonchev–Trinajstić information content (AvgIpc) is 2.39. The number of aromatic nitrogens is 2. The van der Waals surface area contributed by atoms with Crippen LogP contribution in [0.5, 0.6) is 0 Å². The Morgan fingerprint density at radius 2 is 2.15 bits per heavy atom. The minimum atomic E-state index is -3.27. The van der Waals surface area contributed by atoms with Crippen LogP contribution in [0.25, 0.3) is 0 Å². The van der Waals surface area contributed by atoms with Gasteiger partial charge >= 0.3 is 5.97 Å². The van der Waals surface area contributed by atoms with Crippen molar-refractivity contribution in [1.29, 1.82) is 0 Å². The van der Waals surface area contributed by atoms with Crippen molar-refractivity contribution in [2.24, 2.45) is 0 Å². The summed E-state index contributed by atoms with van der Waals surface area (Å²) in [6, 6.07) is 0. The number of nitrogens with one attached hydrogen (secondary N) is 2. The molecule has 1 rings (SSSR count). The molecule has 0 bridgehead atoms. The van der Waals surface area contributed by atoms with Gasteiger partial charge in [-0.1, -0.05) is 0 Å². The lowest BCUT2D eigenvalue weighted by Gasteiger charge is -2.08. The molecule has 1 aromatic heterocycles. The van der Waals surface area contributed by atoms with Crippen LogP contribution in [0.3, 0.4) is 0 Å². The Hall–Kier alpha value is -1.74. The fourth-order valence-electron chi connectivity index (χ4n) is 1.36. The van der Waals surface area contributed by atoms with Crippen molar-refractivity contribution >= 4 is 21.9 Å². The topological polar surface area (TPSA) is 110 Å². The number of nitrogens with zero attached hydrogens (tertiary/aromatic N) is 2. The van der Waals surface area contributed by atoms with Gasteiger partial charge in [0.15, 0.2) is 0 Å². The summed E-state index contributed by atoms with van der Waals surface area (Å²) < 4.78 is 29.5. The van der Waals surface area contributed by atoms with E-state index in [2.05, 4.69) is 20.0 Å². The van der Waals surface area contributed by atoms with E-state index in [9.17, 15) is 13.2 Å². The fourth-order valence-corrected chi connectivity index (χ4v) is 1.94. The molecule has 0 aromatic carbocycles. The molecule has 0 atom stereocenters. The van der Waals surface area contributed by atoms with Crippen LogP contribution < -0.4 is 10.0 Å². The van der Waals surface area contributed by atoms with E-state index in [1.165, 1.54) is 13.2 Å². The van der Waals surface area contributed by atoms with Crippen LogP contribution in [-0.2, 0) is 14.8 Å². The lowest BCUT2D eigenvalue weighted by molar-refractivity contribution is 0.0524. The molecule has 0 saturated carbocycles. The molecule has 0 aliphatic carbocycles. The SMILES string of the molecule is CCOC(=O)c1cnc(NCCS(=O)(=O)NC)nc1C. The van der Waals surface area contributed by atoms with Crippen molar-refractivity contribution in [3.8, 4) is 0 Å². The number of sulfonamides is 1. The van der Waals surface area contributed by atoms with Gasteiger partial charge in [-0.3, -0.25) is 0 Å². The van der Waals surface area contributed by atoms with E-state index in [1.54, 1.807) is 13.8 Å². The van der Waals surface area contributed by atoms with Crippen LogP contribution in [0.4, 0.5) is 5.95 Å². The molecule has 0 aliphatic rings. The van der Waals surface area contributed by atoms with Crippen molar-refractivity contribution in [2.45, 2.75) is 13.8 Å². The molecule has 20 heavy (non-hydrogen) atoms. The van der Waals surface area contributed by atoms with Crippen LogP contribution >= 0.6 is 0 Å². The number of aryl methyl sites for hydroxylation is 1. The summed E-state index contributed by atoms with van der Waals surface area (Å²) in [6.07, 6.45) is 1.36. The third-order valence-electron chi connectivity index (χ3n) is 2.44. The van der Waals surface area contributed by atoms with Crippen molar-refractivity contribution in [1.82, 2.24) is 14.7 Å². The molecule has 8 nitrogen and oxygen atoms in total. The van der Waals surface area contributed by atoms with Gasteiger partial charge in [0, 0.05) is 12.7 Å². The summed E-state index contributed by atoms with van der Waals surface area (Å²) in [5.41, 5.74) is 0.762. The summed E-state index contributed by atoms with van der Waals surface area (Å²) in [6.45, 7) is 3.82. The second-order valence-electron chi connectivity index (χ2n) is 3.86. The number of rotatable bonds is 7. The Morgan fingerprint density at radius 3 is 2.70 bits per heavy atom. The molecule has 1 aromatic rings. The molecule has 0 radical (unpaired) electrons. The average molecular weight is 302 g/mol. The van der Waals surface area contributed by atoms with Crippen LogP contribution in [0.1, 0.15) is 23.0 Å². The Morgan fingerprint density at radius 1 is 1.45 bits per heavy atom. The van der Waals surface area contributed by atoms with Crippen LogP contribution in [0.2, 0.25) is 0 Å². The lowest BCUT2D eigenvalue weighted by Crippen LogP contribution is -2.26. The van der Waals surface area contributed by atoms with Gasteiger partial charge in [-0.2, -0.15) is 0 Å². The monoisotopic (exact) mass is 302 g/mol. The van der Waals surface area contributed by atoms with Crippen molar-refractivity contribution < 1.29 is 17.9 Å². The minimum absolute atomic E-state index is 0.0917. The van der Waals surface area contributed by atoms with Gasteiger partial charge in [-0.15, -0.1) is 0 Å². The number of hydrogen-bond acceptors (Lipinski definition) is 7. The first-order valence-corrected chi connectivity index (χ1v) is 7.70. The maximum Gasteiger partial charge on any atom is 0.341 e. The Balaban J connectivity index is 2.66. The van der Waals surface area contributed by atoms with Crippen LogP contribution in [-0.4, -0.2) is 50.3 Å². The fraction of sp³-hybridized carbons (Fsp3) is 0.545. The van der Waals surface area contributed by atoms with E-state index in [4.69, 9.17) is 4.74 Å². The first kappa shape index (κ1) is 16.3. The van der Waals surface area contributed by atoms with Gasteiger partial charge in [-0.05, 0) is 20.9 Å². The molecule has 2 N–H and O–H groups in total. The molecule has 112 valence electrons. The van der Waals surface area contributed by atoms with Gasteiger partial charge in [-0.25, -0.2) is 27.9 Å². The second kappa shape index (κ2) is 7.15. The number of esters is 1. The number of carbonyl (C=O) groups is 1. The molecule has 0 saturated heterocycles. The molecule has 1 heterocycles. The van der Waals surface area contributed by atoms with E-state index in [-0.39, 0.29) is 24.9 Å². The van der Waals surface area contributed by atoms with Crippen LogP contribution in [0.15, 0.2) is 6.20 Å². The highest BCUT2D eigenvalue weighted by atomic mass is 32.2. The first-order valence-electron chi connectivity index (χ1n) is 6.05. The van der Waals surface area contributed by atoms with E-state index < -0.39 is 16.0 Å². The Labute approximate surface area is 118 Å². The highest BCUT2D eigenvalue weighted by molar-refractivity contribution is 7.89. The molecule has 0 amide bonds. The predicted molar refractivity (Wildman–Crippen MR) is 74.1 cm³/mol. The standard InChI is InChI=1S/C11H18N4O4S/c1-4-19-10(16)9-7-14-11(15-8(9)2)13-5-6-20(17,18)12-3/h7,12H,4-6H2,1-3H3,(H,13,14,15). The number of ether oxygens (including phenoxy) is 1. The Kier molecular flexibility index (Phi) is 5.83. The normalized spacial score (nSPS) is 11.2. The third-order valence-corrected chi connectivity index (χ3v) is 3.80. The highest BCUT2D eigenvalue weighted by Crippen LogP contribution is 2.08. The lowest BCUT2D eigenvalue weighted by atomic mass is 10.2. The zero-order valence-electron chi connectivity index (χ0n) is 11.6. The van der Waals surface area contributed by atoms with Gasteiger partial charge in [0.2, 0.25) is 16.0 Å². The predicted octanol–water partition coefficient (Wildman–Crippen LogP) is -0.0772. The van der Waals surface area contributed by atoms with Crippen molar-refractivity contribution in [3.63, 3.8) is 0 Å². The third kappa shape index (κ3) is 4.74. The van der Waals surface area contributed by atoms with Gasteiger partial charge in [0.25, 0.3) is 0 Å². The summed E-state index contributed by atoms with van der Waals surface area (Å²) in [7, 11) is -1.92. The van der Waals surface area contributed by atoms with Gasteiger partial charge in [0.05, 0.1) is 23.6 Å². The number of anilines is 1. The van der Waals surface area contributed by atoms with E-state index in [1.807, 2.05) is 0 Å². The van der Waals surface area contributed by atoms with E-state index >= 15 is 0 Å². The minimum Gasteiger partial charge on any atom is -0.462 e. The Bertz CT molecular complexity index is 574. The van der Waals surface area contributed by atoms with Gasteiger partial charge < -0.3 is 10.1 Å². The maximum atomic E-state index is 11.6. The van der Waals surface area contributed by atoms with E-state index in [0.717, 1.165) is 0 Å². The molecular formula is C11H18N4O4S. The second-order valence-corrected chi connectivity index (χ2v) is 5.91. The van der Waals surface area contributed by atoms with E-state index in [0.29, 0.717) is 11.3 Å². The first-order chi connectivity index (χ1) is 9.39. The molecule has 0 spiro atoms. The quantitative estimate of drug-likeness (QED) is 0.678. The number of hydrogen-bond donors (Lipinski definition) is 2. The largest absolute Gasteiger partial charge is 0.462 e. The van der Waals surface area contributed by atoms with Crippen molar-refractivity contribution in [3.05, 3.63) is 17.5 Å². The summed E-state index contributed by atoms with van der Waals surface area (Å²) in [5, 5.41) is 2.78. The molecule has 0 fully saturated rings. The highest BCUT2D eigenvalue weighted by Gasteiger charge is 2.13. The zero-order valence-corrected chi connectivity index (χ0v) is 12.5. The molecule has 0 aliphatic heterocycles. The summed E-state index contributed by atoms with van der Waals surface area (Å²) in [5.74, 6) is -0.304. The zero-order chi connectivity index (χ0) is 15.2. The number of carbonyl (C=O) groups excluding carboxylic acids is 1. The van der Waals surface area contributed by atoms with Crippen molar-refractivity contribution in [2.75, 3.05) is 31.3 Å². The van der Waals surface area contributed by atoms with Gasteiger partial charge in [0.1, 0.15) is 0 Å². The molecular weight excluding hydrogens is 284 g/mol. The summed E-state index contributed by atoms with van der Waals surface area (Å²) >= 11 is 0. The molecule has 9 heteroatoms.